The Hall–Kier alpha value is -2.49. The van der Waals surface area contributed by atoms with E-state index < -0.39 is 0 Å². The number of anilines is 1. The number of benzene rings is 1. The van der Waals surface area contributed by atoms with E-state index in [0.29, 0.717) is 5.88 Å². The maximum atomic E-state index is 5.23. The number of aromatic amines is 1. The van der Waals surface area contributed by atoms with E-state index in [1.807, 2.05) is 30.5 Å². The first-order valence-electron chi connectivity index (χ1n) is 6.16. The molecule has 0 fully saturated rings. The lowest BCUT2D eigenvalue weighted by molar-refractivity contribution is 0.402. The van der Waals surface area contributed by atoms with Crippen LogP contribution in [0.2, 0.25) is 0 Å². The van der Waals surface area contributed by atoms with Gasteiger partial charge in [-0.05, 0) is 11.6 Å². The van der Waals surface area contributed by atoms with Crippen LogP contribution in [0.5, 0.6) is 5.88 Å². The highest BCUT2D eigenvalue weighted by Gasteiger charge is 2.08. The second-order valence-electron chi connectivity index (χ2n) is 4.29. The molecule has 0 amide bonds. The van der Waals surface area contributed by atoms with Gasteiger partial charge >= 0.3 is 0 Å². The lowest BCUT2D eigenvalue weighted by Gasteiger charge is -2.09. The van der Waals surface area contributed by atoms with Crippen molar-refractivity contribution in [1.29, 1.82) is 0 Å². The molecule has 4 heteroatoms. The quantitative estimate of drug-likeness (QED) is 0.750. The fourth-order valence-corrected chi connectivity index (χ4v) is 2.12. The van der Waals surface area contributed by atoms with Crippen LogP contribution in [0.25, 0.3) is 10.9 Å². The molecule has 0 unspecified atom stereocenters. The smallest absolute Gasteiger partial charge is 0.238 e. The number of methoxy groups -OCH3 is 1. The molecule has 2 N–H and O–H groups in total. The standard InChI is InChI=1S/C15H15N3O/c1-19-15-14-12(7-8-16-14)13(10-18-15)17-9-11-5-3-2-4-6-11/h2-8,10,16-17H,9H2,1H3. The highest BCUT2D eigenvalue weighted by atomic mass is 16.5. The van der Waals surface area contributed by atoms with Gasteiger partial charge in [0.05, 0.1) is 19.0 Å². The van der Waals surface area contributed by atoms with Crippen LogP contribution in [0.3, 0.4) is 0 Å². The largest absolute Gasteiger partial charge is 0.479 e. The summed E-state index contributed by atoms with van der Waals surface area (Å²) in [4.78, 5) is 7.44. The summed E-state index contributed by atoms with van der Waals surface area (Å²) in [7, 11) is 1.62. The van der Waals surface area contributed by atoms with Gasteiger partial charge in [-0.3, -0.25) is 0 Å². The fourth-order valence-electron chi connectivity index (χ4n) is 2.12. The molecule has 0 saturated carbocycles. The van der Waals surface area contributed by atoms with E-state index in [4.69, 9.17) is 4.74 Å². The zero-order valence-corrected chi connectivity index (χ0v) is 10.7. The van der Waals surface area contributed by atoms with E-state index >= 15 is 0 Å². The number of H-pyrrole nitrogens is 1. The van der Waals surface area contributed by atoms with E-state index in [2.05, 4.69) is 27.4 Å². The van der Waals surface area contributed by atoms with Crippen LogP contribution >= 0.6 is 0 Å². The van der Waals surface area contributed by atoms with Crippen molar-refractivity contribution in [3.63, 3.8) is 0 Å². The van der Waals surface area contributed by atoms with Gasteiger partial charge in [-0.2, -0.15) is 0 Å². The lowest BCUT2D eigenvalue weighted by atomic mass is 10.2. The van der Waals surface area contributed by atoms with E-state index in [1.165, 1.54) is 5.56 Å². The van der Waals surface area contributed by atoms with Crippen molar-refractivity contribution in [2.45, 2.75) is 6.54 Å². The normalized spacial score (nSPS) is 10.6. The Morgan fingerprint density at radius 1 is 1.21 bits per heavy atom. The monoisotopic (exact) mass is 253 g/mol. The van der Waals surface area contributed by atoms with Gasteiger partial charge in [0.1, 0.15) is 5.52 Å². The molecule has 0 saturated heterocycles. The van der Waals surface area contributed by atoms with Crippen LogP contribution in [0.15, 0.2) is 48.8 Å². The predicted octanol–water partition coefficient (Wildman–Crippen LogP) is 3.18. The van der Waals surface area contributed by atoms with Crippen molar-refractivity contribution < 1.29 is 4.74 Å². The third-order valence-electron chi connectivity index (χ3n) is 3.08. The van der Waals surface area contributed by atoms with Gasteiger partial charge in [0.2, 0.25) is 5.88 Å². The molecule has 0 atom stereocenters. The van der Waals surface area contributed by atoms with Gasteiger partial charge in [-0.25, -0.2) is 4.98 Å². The summed E-state index contributed by atoms with van der Waals surface area (Å²) < 4.78 is 5.23. The van der Waals surface area contributed by atoms with E-state index in [-0.39, 0.29) is 0 Å². The van der Waals surface area contributed by atoms with Gasteiger partial charge in [0, 0.05) is 18.1 Å². The van der Waals surface area contributed by atoms with Crippen molar-refractivity contribution in [1.82, 2.24) is 9.97 Å². The van der Waals surface area contributed by atoms with Crippen molar-refractivity contribution in [3.8, 4) is 5.88 Å². The topological polar surface area (TPSA) is 49.9 Å². The Kier molecular flexibility index (Phi) is 3.06. The first-order valence-corrected chi connectivity index (χ1v) is 6.16. The van der Waals surface area contributed by atoms with Crippen molar-refractivity contribution in [2.75, 3.05) is 12.4 Å². The molecule has 2 aromatic heterocycles. The number of hydrogen-bond donors (Lipinski definition) is 2. The van der Waals surface area contributed by atoms with E-state index in [0.717, 1.165) is 23.1 Å². The first-order chi connectivity index (χ1) is 9.38. The average Bonchev–Trinajstić information content (AvgIpc) is 2.95. The van der Waals surface area contributed by atoms with Crippen LogP contribution in [0.4, 0.5) is 5.69 Å². The average molecular weight is 253 g/mol. The van der Waals surface area contributed by atoms with Gasteiger partial charge in [0.15, 0.2) is 0 Å². The summed E-state index contributed by atoms with van der Waals surface area (Å²) in [5.41, 5.74) is 3.16. The minimum Gasteiger partial charge on any atom is -0.479 e. The summed E-state index contributed by atoms with van der Waals surface area (Å²) in [5.74, 6) is 0.616. The molecular weight excluding hydrogens is 238 g/mol. The van der Waals surface area contributed by atoms with Crippen molar-refractivity contribution in [3.05, 3.63) is 54.4 Å². The third-order valence-corrected chi connectivity index (χ3v) is 3.08. The van der Waals surface area contributed by atoms with E-state index in [1.54, 1.807) is 13.3 Å². The fraction of sp³-hybridized carbons (Fsp3) is 0.133. The number of ether oxygens (including phenoxy) is 1. The zero-order chi connectivity index (χ0) is 13.1. The minimum atomic E-state index is 0.616. The Morgan fingerprint density at radius 3 is 2.84 bits per heavy atom. The number of nitrogens with one attached hydrogen (secondary N) is 2. The van der Waals surface area contributed by atoms with Gasteiger partial charge in [-0.1, -0.05) is 30.3 Å². The van der Waals surface area contributed by atoms with Gasteiger partial charge in [-0.15, -0.1) is 0 Å². The molecule has 3 aromatic rings. The van der Waals surface area contributed by atoms with Crippen LogP contribution in [-0.4, -0.2) is 17.1 Å². The van der Waals surface area contributed by atoms with Crippen LogP contribution < -0.4 is 10.1 Å². The van der Waals surface area contributed by atoms with Crippen molar-refractivity contribution in [2.24, 2.45) is 0 Å². The lowest BCUT2D eigenvalue weighted by Crippen LogP contribution is -2.00. The summed E-state index contributed by atoms with van der Waals surface area (Å²) in [6, 6.07) is 12.3. The summed E-state index contributed by atoms with van der Waals surface area (Å²) in [6.07, 6.45) is 3.69. The predicted molar refractivity (Wildman–Crippen MR) is 76.4 cm³/mol. The number of nitrogens with zero attached hydrogens (tertiary/aromatic N) is 1. The number of fused-ring (bicyclic) bond motifs is 1. The molecule has 3 rings (SSSR count). The Morgan fingerprint density at radius 2 is 2.05 bits per heavy atom. The SMILES string of the molecule is COc1ncc(NCc2ccccc2)c2cc[nH]c12. The molecule has 0 spiro atoms. The summed E-state index contributed by atoms with van der Waals surface area (Å²) >= 11 is 0. The molecular formula is C15H15N3O. The summed E-state index contributed by atoms with van der Waals surface area (Å²) in [6.45, 7) is 0.773. The molecule has 96 valence electrons. The maximum Gasteiger partial charge on any atom is 0.238 e. The molecule has 0 aliphatic heterocycles. The molecule has 0 aliphatic carbocycles. The Labute approximate surface area is 111 Å². The highest BCUT2D eigenvalue weighted by Crippen LogP contribution is 2.28. The van der Waals surface area contributed by atoms with Gasteiger partial charge < -0.3 is 15.0 Å². The van der Waals surface area contributed by atoms with Crippen LogP contribution in [0.1, 0.15) is 5.56 Å². The van der Waals surface area contributed by atoms with Crippen LogP contribution in [-0.2, 0) is 6.54 Å². The summed E-state index contributed by atoms with van der Waals surface area (Å²) in [5, 5.41) is 4.49. The molecule has 1 aromatic carbocycles. The molecule has 0 bridgehead atoms. The second-order valence-corrected chi connectivity index (χ2v) is 4.29. The van der Waals surface area contributed by atoms with Crippen LogP contribution in [0, 0.1) is 0 Å². The third kappa shape index (κ3) is 2.25. The molecule has 19 heavy (non-hydrogen) atoms. The molecule has 0 radical (unpaired) electrons. The molecule has 0 aliphatic rings. The second kappa shape index (κ2) is 5.02. The first kappa shape index (κ1) is 11.6. The highest BCUT2D eigenvalue weighted by molar-refractivity contribution is 5.94. The van der Waals surface area contributed by atoms with E-state index in [9.17, 15) is 0 Å². The number of aromatic nitrogens is 2. The number of hydrogen-bond acceptors (Lipinski definition) is 3. The maximum absolute atomic E-state index is 5.23. The zero-order valence-electron chi connectivity index (χ0n) is 10.7. The van der Waals surface area contributed by atoms with Crippen molar-refractivity contribution >= 4 is 16.6 Å². The van der Waals surface area contributed by atoms with Gasteiger partial charge in [0.25, 0.3) is 0 Å². The number of pyridine rings is 1. The molecule has 2 heterocycles. The Bertz CT molecular complexity index is 676. The minimum absolute atomic E-state index is 0.616. The molecule has 4 nitrogen and oxygen atoms in total. The number of rotatable bonds is 4. The Balaban J connectivity index is 1.87.